The van der Waals surface area contributed by atoms with Crippen LogP contribution in [-0.2, 0) is 0 Å². The van der Waals surface area contributed by atoms with E-state index < -0.39 is 0 Å². The molecule has 2 rings (SSSR count). The van der Waals surface area contributed by atoms with E-state index in [4.69, 9.17) is 0 Å². The highest BCUT2D eigenvalue weighted by molar-refractivity contribution is 4.51. The molecule has 2 saturated carbocycles. The fourth-order valence-electron chi connectivity index (χ4n) is 0. The van der Waals surface area contributed by atoms with Crippen molar-refractivity contribution in [2.24, 2.45) is 0 Å². The molecule has 0 heteroatoms. The highest BCUT2D eigenvalue weighted by atomic mass is 14.0. The lowest BCUT2D eigenvalue weighted by atomic mass is 11.0. The van der Waals surface area contributed by atoms with Crippen molar-refractivity contribution < 1.29 is 0 Å². The molecule has 10 heavy (non-hydrogen) atoms. The Balaban J connectivity index is 0. The van der Waals surface area contributed by atoms with Gasteiger partial charge in [-0.05, 0) is 0 Å². The van der Waals surface area contributed by atoms with E-state index in [2.05, 4.69) is 0 Å². The van der Waals surface area contributed by atoms with Crippen LogP contribution in [0.3, 0.4) is 0 Å². The summed E-state index contributed by atoms with van der Waals surface area (Å²) < 4.78 is 0. The van der Waals surface area contributed by atoms with Crippen molar-refractivity contribution in [3.05, 3.63) is 0 Å². The normalized spacial score (nSPS) is 15.6. The van der Waals surface area contributed by atoms with Crippen LogP contribution in [0.4, 0.5) is 0 Å². The average Bonchev–Trinajstić information content (AvgIpc) is 2.84. The molecule has 0 aromatic heterocycles. The Labute approximate surface area is 67.0 Å². The maximum absolute atomic E-state index is 2.00. The molecule has 2 aliphatic rings. The van der Waals surface area contributed by atoms with Crippen LogP contribution in [0.2, 0.25) is 0 Å². The Hall–Kier alpha value is 0. The monoisotopic (exact) mass is 144 g/mol. The maximum atomic E-state index is 2.00. The highest BCUT2D eigenvalue weighted by Gasteiger charge is 1.95. The van der Waals surface area contributed by atoms with Crippen molar-refractivity contribution in [3.63, 3.8) is 0 Å². The quantitative estimate of drug-likeness (QED) is 0.473. The molecule has 2 fully saturated rings. The molecule has 0 amide bonds. The smallest absolute Gasteiger partial charge is 0.0533 e. The first kappa shape index (κ1) is 12.7. The van der Waals surface area contributed by atoms with E-state index in [-0.39, 0.29) is 0 Å². The fourth-order valence-corrected chi connectivity index (χ4v) is 0. The Kier molecular flexibility index (Phi) is 20.2. The molecule has 0 aliphatic heterocycles. The van der Waals surface area contributed by atoms with Gasteiger partial charge in [-0.25, -0.2) is 0 Å². The summed E-state index contributed by atoms with van der Waals surface area (Å²) in [5.74, 6) is 0. The zero-order chi connectivity index (χ0) is 8.24. The summed E-state index contributed by atoms with van der Waals surface area (Å²) >= 11 is 0. The van der Waals surface area contributed by atoms with Crippen LogP contribution < -0.4 is 0 Å². The first-order valence-electron chi connectivity index (χ1n) is 5.00. The molecule has 0 spiro atoms. The molecular weight excluding hydrogens is 120 g/mol. The van der Waals surface area contributed by atoms with E-state index in [9.17, 15) is 0 Å². The van der Waals surface area contributed by atoms with Crippen molar-refractivity contribution in [1.29, 1.82) is 0 Å². The van der Waals surface area contributed by atoms with Crippen LogP contribution in [0.1, 0.15) is 66.2 Å². The molecule has 0 saturated heterocycles. The molecule has 0 bridgehead atoms. The summed E-state index contributed by atoms with van der Waals surface area (Å²) in [6.45, 7) is 8.00. The summed E-state index contributed by atoms with van der Waals surface area (Å²) in [7, 11) is 0. The van der Waals surface area contributed by atoms with E-state index in [1.807, 2.05) is 27.7 Å². The van der Waals surface area contributed by atoms with Crippen LogP contribution in [0.15, 0.2) is 0 Å². The van der Waals surface area contributed by atoms with Gasteiger partial charge in [0.1, 0.15) is 0 Å². The van der Waals surface area contributed by atoms with Crippen molar-refractivity contribution >= 4 is 0 Å². The van der Waals surface area contributed by atoms with Crippen molar-refractivity contribution in [1.82, 2.24) is 0 Å². The summed E-state index contributed by atoms with van der Waals surface area (Å²) in [5.41, 5.74) is 0. The van der Waals surface area contributed by atoms with Crippen molar-refractivity contribution in [2.75, 3.05) is 0 Å². The minimum absolute atomic E-state index is 1.50. The molecular formula is C10H24. The zero-order valence-corrected chi connectivity index (χ0v) is 8.24. The van der Waals surface area contributed by atoms with E-state index in [1.165, 1.54) is 38.5 Å². The molecule has 0 nitrogen and oxygen atoms in total. The van der Waals surface area contributed by atoms with E-state index in [0.29, 0.717) is 0 Å². The van der Waals surface area contributed by atoms with Gasteiger partial charge >= 0.3 is 0 Å². The largest absolute Gasteiger partial charge is 0.0683 e. The number of rotatable bonds is 0. The van der Waals surface area contributed by atoms with Gasteiger partial charge in [-0.2, -0.15) is 0 Å². The third-order valence-electron chi connectivity index (χ3n) is 0.707. The second-order valence-electron chi connectivity index (χ2n) is 2.12. The lowest BCUT2D eigenvalue weighted by Crippen LogP contribution is -0.856. The third-order valence-corrected chi connectivity index (χ3v) is 0.707. The molecule has 64 valence electrons. The second-order valence-corrected chi connectivity index (χ2v) is 2.12. The molecule has 0 radical (unpaired) electrons. The predicted molar refractivity (Wildman–Crippen MR) is 50.4 cm³/mol. The lowest BCUT2D eigenvalue weighted by molar-refractivity contribution is 1.50. The van der Waals surface area contributed by atoms with Crippen LogP contribution in [-0.4, -0.2) is 0 Å². The van der Waals surface area contributed by atoms with E-state index in [1.54, 1.807) is 0 Å². The van der Waals surface area contributed by atoms with Crippen molar-refractivity contribution in [3.8, 4) is 0 Å². The Morgan fingerprint density at radius 1 is 0.400 bits per heavy atom. The third kappa shape index (κ3) is 98.0. The standard InChI is InChI=1S/2C3H6.2C2H6/c2*1-2-3-1;2*1-2/h2*1-3H2;2*1-2H3. The summed E-state index contributed by atoms with van der Waals surface area (Å²) in [4.78, 5) is 0. The molecule has 0 aromatic rings. The molecule has 0 N–H and O–H groups in total. The maximum Gasteiger partial charge on any atom is -0.0533 e. The summed E-state index contributed by atoms with van der Waals surface area (Å²) in [6.07, 6.45) is 9.00. The van der Waals surface area contributed by atoms with Crippen LogP contribution in [0.25, 0.3) is 0 Å². The van der Waals surface area contributed by atoms with Gasteiger partial charge in [-0.3, -0.25) is 0 Å². The fraction of sp³-hybridized carbons (Fsp3) is 1.00. The van der Waals surface area contributed by atoms with Gasteiger partial charge in [0.2, 0.25) is 0 Å². The lowest BCUT2D eigenvalue weighted by Gasteiger charge is -1.07. The van der Waals surface area contributed by atoms with Crippen LogP contribution >= 0.6 is 0 Å². The summed E-state index contributed by atoms with van der Waals surface area (Å²) in [6, 6.07) is 0. The second kappa shape index (κ2) is 16.0. The highest BCUT2D eigenvalue weighted by Crippen LogP contribution is 2.15. The van der Waals surface area contributed by atoms with Crippen LogP contribution in [0.5, 0.6) is 0 Å². The Morgan fingerprint density at radius 3 is 0.500 bits per heavy atom. The van der Waals surface area contributed by atoms with Gasteiger partial charge in [0, 0.05) is 0 Å². The first-order chi connectivity index (χ1) is 5.00. The van der Waals surface area contributed by atoms with E-state index in [0.717, 1.165) is 0 Å². The minimum Gasteiger partial charge on any atom is -0.0683 e. The molecule has 0 aromatic carbocycles. The SMILES string of the molecule is C1CC1.C1CC1.CC.CC. The topological polar surface area (TPSA) is 0 Å². The first-order valence-corrected chi connectivity index (χ1v) is 5.00. The van der Waals surface area contributed by atoms with Gasteiger partial charge in [0.25, 0.3) is 0 Å². The predicted octanol–water partition coefficient (Wildman–Crippen LogP) is 4.39. The molecule has 2 aliphatic carbocycles. The van der Waals surface area contributed by atoms with Gasteiger partial charge in [0.05, 0.1) is 0 Å². The average molecular weight is 144 g/mol. The van der Waals surface area contributed by atoms with Gasteiger partial charge in [0.15, 0.2) is 0 Å². The van der Waals surface area contributed by atoms with Gasteiger partial charge < -0.3 is 0 Å². The number of hydrogen-bond donors (Lipinski definition) is 0. The van der Waals surface area contributed by atoms with Crippen LogP contribution in [0, 0.1) is 0 Å². The summed E-state index contributed by atoms with van der Waals surface area (Å²) in [5, 5.41) is 0. The molecule has 0 atom stereocenters. The van der Waals surface area contributed by atoms with Gasteiger partial charge in [-0.1, -0.05) is 66.2 Å². The number of hydrogen-bond acceptors (Lipinski definition) is 0. The van der Waals surface area contributed by atoms with Gasteiger partial charge in [-0.15, -0.1) is 0 Å². The molecule has 0 heterocycles. The van der Waals surface area contributed by atoms with Crippen molar-refractivity contribution in [2.45, 2.75) is 66.2 Å². The Morgan fingerprint density at radius 2 is 0.500 bits per heavy atom. The molecule has 0 unspecified atom stereocenters. The minimum atomic E-state index is 1.50. The van der Waals surface area contributed by atoms with E-state index >= 15 is 0 Å². The zero-order valence-electron chi connectivity index (χ0n) is 8.24. The Bertz CT molecular complexity index is 15.5.